The van der Waals surface area contributed by atoms with E-state index in [-0.39, 0.29) is 21.1 Å². The summed E-state index contributed by atoms with van der Waals surface area (Å²) < 4.78 is 30.0. The smallest absolute Gasteiger partial charge is 0.00405 e. The average Bonchev–Trinajstić information content (AvgIpc) is 3.00. The minimum Gasteiger partial charge on any atom is -0.0622 e. The molecule has 4 aromatic rings. The van der Waals surface area contributed by atoms with Gasteiger partial charge in [0.2, 0.25) is 0 Å². The molecule has 0 unspecified atom stereocenters. The first kappa shape index (κ1) is 35.5. The first-order chi connectivity index (χ1) is 17.4. The van der Waals surface area contributed by atoms with Gasteiger partial charge in [0.05, 0.1) is 0 Å². The van der Waals surface area contributed by atoms with Crippen LogP contribution in [0.15, 0.2) is 121 Å². The van der Waals surface area contributed by atoms with Crippen molar-refractivity contribution >= 4 is 37.1 Å². The summed E-state index contributed by atoms with van der Waals surface area (Å²) >= 11 is 0. The maximum atomic E-state index is 7.50. The Morgan fingerprint density at radius 2 is 0.528 bits per heavy atom. The summed E-state index contributed by atoms with van der Waals surface area (Å²) in [5.74, 6) is 1.17. The first-order valence-electron chi connectivity index (χ1n) is 9.99. The van der Waals surface area contributed by atoms with Crippen LogP contribution in [0.5, 0.6) is 0 Å². The van der Waals surface area contributed by atoms with Crippen molar-refractivity contribution in [1.29, 1.82) is 0 Å². The van der Waals surface area contributed by atoms with Gasteiger partial charge >= 0.3 is 45.2 Å². The summed E-state index contributed by atoms with van der Waals surface area (Å²) in [5.41, 5.74) is 0. The Balaban J connectivity index is 0. The van der Waals surface area contributed by atoms with Gasteiger partial charge in [-0.1, -0.05) is 121 Å². The van der Waals surface area contributed by atoms with E-state index >= 15 is 0 Å². The van der Waals surface area contributed by atoms with Crippen molar-refractivity contribution in [1.82, 2.24) is 0 Å². The number of hydrogen-bond donors (Lipinski definition) is 0. The van der Waals surface area contributed by atoms with Crippen molar-refractivity contribution in [3.63, 3.8) is 0 Å². The summed E-state index contributed by atoms with van der Waals surface area (Å²) in [6.45, 7) is 18.0. The molecule has 7 heteroatoms. The topological polar surface area (TPSA) is 79.6 Å². The van der Waals surface area contributed by atoms with Crippen LogP contribution in [0, 0.1) is 26.6 Å². The molecule has 0 aliphatic rings. The molecule has 0 amide bonds. The fourth-order valence-corrected chi connectivity index (χ4v) is 9.67. The summed E-state index contributed by atoms with van der Waals surface area (Å²) in [6.07, 6.45) is 0. The number of benzene rings is 4. The second kappa shape index (κ2) is 24.1. The van der Waals surface area contributed by atoms with Crippen LogP contribution in [0.3, 0.4) is 0 Å². The van der Waals surface area contributed by atoms with Crippen LogP contribution in [0.25, 0.3) is 0 Å². The Kier molecular flexibility index (Phi) is 23.8. The molecule has 0 bridgehead atoms. The minimum atomic E-state index is -0.409. The molecule has 0 aliphatic carbocycles. The van der Waals surface area contributed by atoms with Gasteiger partial charge in [0.15, 0.2) is 0 Å². The van der Waals surface area contributed by atoms with Crippen LogP contribution >= 0.6 is 15.8 Å². The summed E-state index contributed by atoms with van der Waals surface area (Å²) in [7, 11) is -0.817. The summed E-state index contributed by atoms with van der Waals surface area (Å²) in [5, 5.41) is 5.83. The van der Waals surface area contributed by atoms with Crippen LogP contribution < -0.4 is 21.2 Å². The third-order valence-electron chi connectivity index (χ3n) is 4.55. The van der Waals surface area contributed by atoms with E-state index in [4.69, 9.17) is 18.6 Å². The second-order valence-corrected chi connectivity index (χ2v) is 11.2. The second-order valence-electron chi connectivity index (χ2n) is 6.34. The molecule has 0 heterocycles. The molecule has 0 N–H and O–H groups in total. The number of hydrogen-bond acceptors (Lipinski definition) is 0. The van der Waals surface area contributed by atoms with E-state index in [1.165, 1.54) is 27.1 Å². The van der Waals surface area contributed by atoms with Crippen LogP contribution in [0.1, 0.15) is 0 Å². The molecule has 0 fully saturated rings. The van der Waals surface area contributed by atoms with Crippen molar-refractivity contribution in [2.75, 3.05) is 5.90 Å². The molecule has 4 nitrogen and oxygen atoms in total. The van der Waals surface area contributed by atoms with E-state index in [2.05, 4.69) is 148 Å². The van der Waals surface area contributed by atoms with Crippen LogP contribution in [-0.2, 0) is 39.7 Å². The molecule has 0 saturated carbocycles. The third-order valence-corrected chi connectivity index (χ3v) is 10.5. The Hall–Kier alpha value is -2.61. The third kappa shape index (κ3) is 11.9. The van der Waals surface area contributed by atoms with Gasteiger partial charge in [0, 0.05) is 27.0 Å². The van der Waals surface area contributed by atoms with Crippen molar-refractivity contribution < 1.29 is 39.7 Å². The molecular formula is C29H22O4P2W. The molecular weight excluding hydrogens is 658 g/mol. The molecule has 0 atom stereocenters. The van der Waals surface area contributed by atoms with Gasteiger partial charge in [-0.25, -0.2) is 0 Å². The van der Waals surface area contributed by atoms with Crippen molar-refractivity contribution in [2.45, 2.75) is 0 Å². The molecule has 0 aliphatic heterocycles. The van der Waals surface area contributed by atoms with Gasteiger partial charge in [-0.05, 0) is 37.1 Å². The van der Waals surface area contributed by atoms with Crippen LogP contribution in [-0.4, -0.2) is 5.90 Å². The summed E-state index contributed by atoms with van der Waals surface area (Å²) in [6, 6.07) is 44.1. The zero-order chi connectivity index (χ0) is 26.3. The molecule has 0 aromatic heterocycles. The molecule has 0 spiro atoms. The van der Waals surface area contributed by atoms with Gasteiger partial charge in [-0.15, -0.1) is 0 Å². The minimum absolute atomic E-state index is 0. The molecule has 0 saturated heterocycles. The molecule has 178 valence electrons. The van der Waals surface area contributed by atoms with E-state index in [1.807, 2.05) is 0 Å². The van der Waals surface area contributed by atoms with Gasteiger partial charge < -0.3 is 0 Å². The van der Waals surface area contributed by atoms with Gasteiger partial charge in [0.1, 0.15) is 0 Å². The van der Waals surface area contributed by atoms with E-state index in [9.17, 15) is 0 Å². The van der Waals surface area contributed by atoms with Crippen LogP contribution in [0.4, 0.5) is 0 Å². The Morgan fingerprint density at radius 1 is 0.361 bits per heavy atom. The van der Waals surface area contributed by atoms with Crippen LogP contribution in [0.2, 0.25) is 0 Å². The van der Waals surface area contributed by atoms with Gasteiger partial charge in [-0.2, -0.15) is 0 Å². The fraction of sp³-hybridized carbons (Fsp3) is 0.0345. The van der Waals surface area contributed by atoms with Gasteiger partial charge in [-0.3, -0.25) is 0 Å². The van der Waals surface area contributed by atoms with E-state index in [0.29, 0.717) is 0 Å². The molecule has 36 heavy (non-hydrogen) atoms. The maximum absolute atomic E-state index is 7.50. The maximum Gasteiger partial charge on any atom is 0.00405 e. The standard InChI is InChI=1S/C25H22P2.4CO.W/c1-5-13-22(14-6-1)26(23-15-7-2-8-16-23)21-27(24-17-9-3-10-18-24)25-19-11-4-12-20-25;4*1-2;/h1-20H,21H2;;;;;. The average molecular weight is 680 g/mol. The summed E-state index contributed by atoms with van der Waals surface area (Å²) in [4.78, 5) is 0. The van der Waals surface area contributed by atoms with Crippen molar-refractivity contribution in [3.8, 4) is 0 Å². The first-order valence-corrected chi connectivity index (χ1v) is 13.0. The van der Waals surface area contributed by atoms with E-state index in [0.717, 1.165) is 0 Å². The quantitative estimate of drug-likeness (QED) is 0.155. The largest absolute Gasteiger partial charge is 0.0622 e. The van der Waals surface area contributed by atoms with E-state index in [1.54, 1.807) is 0 Å². The Labute approximate surface area is 229 Å². The van der Waals surface area contributed by atoms with E-state index < -0.39 is 15.8 Å². The Morgan fingerprint density at radius 3 is 0.694 bits per heavy atom. The molecule has 4 aromatic carbocycles. The predicted molar refractivity (Wildman–Crippen MR) is 139 cm³/mol. The number of rotatable bonds is 6. The Bertz CT molecular complexity index is 950. The fourth-order valence-electron chi connectivity index (χ4n) is 3.20. The normalized spacial score (nSPS) is 8.50. The van der Waals surface area contributed by atoms with Gasteiger partial charge in [0.25, 0.3) is 0 Å². The molecule has 4 rings (SSSR count). The monoisotopic (exact) mass is 680 g/mol. The SMILES string of the molecule is [C-]#[O+].[C-]#[O+].[C-]#[O+].[C-]#[O+].[W].c1ccc(P(CP(c2ccccc2)c2ccccc2)c2ccccc2)cc1. The molecule has 0 radical (unpaired) electrons. The van der Waals surface area contributed by atoms with Crippen molar-refractivity contribution in [3.05, 3.63) is 148 Å². The zero-order valence-electron chi connectivity index (χ0n) is 19.2. The predicted octanol–water partition coefficient (Wildman–Crippen LogP) is 5.06. The van der Waals surface area contributed by atoms with Crippen molar-refractivity contribution in [2.24, 2.45) is 0 Å². The zero-order valence-corrected chi connectivity index (χ0v) is 23.9.